The molecule has 0 amide bonds. The Kier molecular flexibility index (Phi) is 5.20. The van der Waals surface area contributed by atoms with Gasteiger partial charge in [-0.2, -0.15) is 0 Å². The van der Waals surface area contributed by atoms with E-state index in [1.54, 1.807) is 0 Å². The monoisotopic (exact) mass is 348 g/mol. The molecule has 0 N–H and O–H groups in total. The molecule has 11 nitrogen and oxygen atoms in total. The topological polar surface area (TPSA) is 148 Å². The summed E-state index contributed by atoms with van der Waals surface area (Å²) in [5, 5.41) is 21.0. The summed E-state index contributed by atoms with van der Waals surface area (Å²) >= 11 is 0. The SMILES string of the molecule is O=C(OC(=O)Oc1ccc([N+](=O)[O-])cc1)Oc1ccc([N+](=O)[O-])cc1. The van der Waals surface area contributed by atoms with Gasteiger partial charge in [-0.05, 0) is 24.3 Å². The number of benzene rings is 2. The Labute approximate surface area is 138 Å². The van der Waals surface area contributed by atoms with Gasteiger partial charge in [-0.1, -0.05) is 0 Å². The first-order valence-corrected chi connectivity index (χ1v) is 6.45. The van der Waals surface area contributed by atoms with Gasteiger partial charge in [0.15, 0.2) is 0 Å². The standard InChI is InChI=1S/C14H8N2O9/c17-13(23-11-5-1-9(2-6-11)15(19)20)25-14(18)24-12-7-3-10(4-8-12)16(21)22/h1-8H. The van der Waals surface area contributed by atoms with Crippen molar-refractivity contribution in [2.75, 3.05) is 0 Å². The largest absolute Gasteiger partial charge is 0.524 e. The first-order chi connectivity index (χ1) is 11.8. The molecule has 0 bridgehead atoms. The van der Waals surface area contributed by atoms with Gasteiger partial charge >= 0.3 is 12.3 Å². The van der Waals surface area contributed by atoms with Crippen LogP contribution in [0.2, 0.25) is 0 Å². The molecule has 0 aromatic heterocycles. The second-order valence-electron chi connectivity index (χ2n) is 4.31. The molecule has 0 spiro atoms. The summed E-state index contributed by atoms with van der Waals surface area (Å²) in [4.78, 5) is 42.5. The van der Waals surface area contributed by atoms with E-state index in [2.05, 4.69) is 14.2 Å². The highest BCUT2D eigenvalue weighted by Crippen LogP contribution is 2.19. The zero-order valence-corrected chi connectivity index (χ0v) is 12.2. The maximum atomic E-state index is 11.4. The Hall–Kier alpha value is -4.02. The van der Waals surface area contributed by atoms with Gasteiger partial charge in [0.2, 0.25) is 0 Å². The zero-order chi connectivity index (χ0) is 18.4. The van der Waals surface area contributed by atoms with E-state index in [0.29, 0.717) is 0 Å². The van der Waals surface area contributed by atoms with Crippen LogP contribution in [0.4, 0.5) is 21.0 Å². The molecule has 0 atom stereocenters. The smallest absolute Gasteiger partial charge is 0.395 e. The van der Waals surface area contributed by atoms with Crippen LogP contribution in [0.25, 0.3) is 0 Å². The van der Waals surface area contributed by atoms with Crippen molar-refractivity contribution in [3.8, 4) is 11.5 Å². The van der Waals surface area contributed by atoms with Gasteiger partial charge in [0.1, 0.15) is 11.5 Å². The molecule has 0 unspecified atom stereocenters. The summed E-state index contributed by atoms with van der Waals surface area (Å²) in [6.45, 7) is 0. The Morgan fingerprint density at radius 3 is 1.28 bits per heavy atom. The maximum absolute atomic E-state index is 11.4. The third kappa shape index (κ3) is 4.99. The van der Waals surface area contributed by atoms with Crippen molar-refractivity contribution in [2.45, 2.75) is 0 Å². The minimum absolute atomic E-state index is 0.0845. The summed E-state index contributed by atoms with van der Waals surface area (Å²) in [6, 6.07) is 8.94. The lowest BCUT2D eigenvalue weighted by molar-refractivity contribution is -0.385. The molecule has 0 saturated carbocycles. The first kappa shape index (κ1) is 17.3. The van der Waals surface area contributed by atoms with E-state index in [-0.39, 0.29) is 22.9 Å². The third-order valence-electron chi connectivity index (χ3n) is 2.66. The van der Waals surface area contributed by atoms with Crippen LogP contribution in [0.1, 0.15) is 0 Å². The Morgan fingerprint density at radius 1 is 0.680 bits per heavy atom. The second-order valence-corrected chi connectivity index (χ2v) is 4.31. The van der Waals surface area contributed by atoms with Gasteiger partial charge in [0.25, 0.3) is 11.4 Å². The quantitative estimate of drug-likeness (QED) is 0.267. The lowest BCUT2D eigenvalue weighted by Gasteiger charge is -2.05. The van der Waals surface area contributed by atoms with Crippen LogP contribution in [0.5, 0.6) is 11.5 Å². The van der Waals surface area contributed by atoms with Crippen LogP contribution < -0.4 is 9.47 Å². The van der Waals surface area contributed by atoms with Crippen molar-refractivity contribution >= 4 is 23.7 Å². The number of hydrogen-bond acceptors (Lipinski definition) is 9. The van der Waals surface area contributed by atoms with Crippen LogP contribution in [0.3, 0.4) is 0 Å². The van der Waals surface area contributed by atoms with Crippen molar-refractivity contribution in [2.24, 2.45) is 0 Å². The average molecular weight is 348 g/mol. The highest BCUT2D eigenvalue weighted by Gasteiger charge is 2.16. The fraction of sp³-hybridized carbons (Fsp3) is 0. The normalized spacial score (nSPS) is 9.76. The minimum Gasteiger partial charge on any atom is -0.395 e. The number of rotatable bonds is 4. The molecule has 11 heteroatoms. The first-order valence-electron chi connectivity index (χ1n) is 6.45. The number of ether oxygens (including phenoxy) is 3. The Balaban J connectivity index is 1.88. The molecular formula is C14H8N2O9. The number of carbonyl (C=O) groups excluding carboxylic acids is 2. The minimum atomic E-state index is -1.42. The van der Waals surface area contributed by atoms with Crippen LogP contribution in [0, 0.1) is 20.2 Å². The van der Waals surface area contributed by atoms with Crippen LogP contribution in [0.15, 0.2) is 48.5 Å². The lowest BCUT2D eigenvalue weighted by atomic mass is 10.3. The molecule has 2 rings (SSSR count). The average Bonchev–Trinajstić information content (AvgIpc) is 2.55. The van der Waals surface area contributed by atoms with Crippen molar-refractivity contribution < 1.29 is 33.6 Å². The predicted octanol–water partition coefficient (Wildman–Crippen LogP) is 3.22. The molecule has 0 heterocycles. The third-order valence-corrected chi connectivity index (χ3v) is 2.66. The number of nitrogens with zero attached hydrogens (tertiary/aromatic N) is 2. The molecular weight excluding hydrogens is 340 g/mol. The van der Waals surface area contributed by atoms with E-state index in [9.17, 15) is 29.8 Å². The van der Waals surface area contributed by atoms with Crippen molar-refractivity contribution in [3.05, 3.63) is 68.8 Å². The van der Waals surface area contributed by atoms with E-state index >= 15 is 0 Å². The molecule has 2 aromatic carbocycles. The van der Waals surface area contributed by atoms with Crippen LogP contribution in [-0.2, 0) is 4.74 Å². The number of carbonyl (C=O) groups is 2. The highest BCUT2D eigenvalue weighted by atomic mass is 16.8. The summed E-state index contributed by atoms with van der Waals surface area (Å²) in [7, 11) is 0. The summed E-state index contributed by atoms with van der Waals surface area (Å²) in [5.41, 5.74) is -0.420. The van der Waals surface area contributed by atoms with Gasteiger partial charge in [-0.15, -0.1) is 0 Å². The molecule has 0 aliphatic heterocycles. The van der Waals surface area contributed by atoms with Crippen molar-refractivity contribution in [1.29, 1.82) is 0 Å². The molecule has 0 radical (unpaired) electrons. The van der Waals surface area contributed by atoms with Gasteiger partial charge < -0.3 is 14.2 Å². The maximum Gasteiger partial charge on any atom is 0.524 e. The number of hydrogen-bond donors (Lipinski definition) is 0. The van der Waals surface area contributed by atoms with E-state index in [1.165, 1.54) is 0 Å². The van der Waals surface area contributed by atoms with Gasteiger partial charge in [-0.3, -0.25) is 20.2 Å². The number of nitro groups is 2. The molecule has 0 aliphatic carbocycles. The number of nitro benzene ring substituents is 2. The lowest BCUT2D eigenvalue weighted by Crippen LogP contribution is -2.19. The molecule has 128 valence electrons. The van der Waals surface area contributed by atoms with E-state index in [0.717, 1.165) is 48.5 Å². The Morgan fingerprint density at radius 2 is 1.00 bits per heavy atom. The fourth-order valence-corrected chi connectivity index (χ4v) is 1.57. The second kappa shape index (κ2) is 7.50. The van der Waals surface area contributed by atoms with E-state index in [1.807, 2.05) is 0 Å². The molecule has 0 fully saturated rings. The van der Waals surface area contributed by atoms with Crippen LogP contribution >= 0.6 is 0 Å². The van der Waals surface area contributed by atoms with Gasteiger partial charge in [0.05, 0.1) is 9.85 Å². The summed E-state index contributed by atoms with van der Waals surface area (Å²) < 4.78 is 13.5. The predicted molar refractivity (Wildman–Crippen MR) is 79.3 cm³/mol. The van der Waals surface area contributed by atoms with E-state index < -0.39 is 22.2 Å². The van der Waals surface area contributed by atoms with Crippen molar-refractivity contribution in [3.63, 3.8) is 0 Å². The van der Waals surface area contributed by atoms with Gasteiger partial charge in [-0.25, -0.2) is 9.59 Å². The summed E-state index contributed by atoms with van der Waals surface area (Å²) in [5.74, 6) is -0.169. The van der Waals surface area contributed by atoms with Crippen LogP contribution in [-0.4, -0.2) is 22.2 Å². The Bertz CT molecular complexity index is 746. The van der Waals surface area contributed by atoms with E-state index in [4.69, 9.17) is 0 Å². The van der Waals surface area contributed by atoms with Gasteiger partial charge in [0, 0.05) is 24.3 Å². The number of non-ortho nitro benzene ring substituents is 2. The molecule has 2 aromatic rings. The van der Waals surface area contributed by atoms with Crippen molar-refractivity contribution in [1.82, 2.24) is 0 Å². The summed E-state index contributed by atoms with van der Waals surface area (Å²) in [6.07, 6.45) is -2.83. The zero-order valence-electron chi connectivity index (χ0n) is 12.2. The molecule has 0 aliphatic rings. The molecule has 25 heavy (non-hydrogen) atoms. The highest BCUT2D eigenvalue weighted by molar-refractivity contribution is 5.79. The fourth-order valence-electron chi connectivity index (χ4n) is 1.57. The molecule has 0 saturated heterocycles.